The Hall–Kier alpha value is -2.27. The highest BCUT2D eigenvalue weighted by atomic mass is 79.9. The topological polar surface area (TPSA) is 48.7 Å². The van der Waals surface area contributed by atoms with Gasteiger partial charge in [-0.1, -0.05) is 29.8 Å². The lowest BCUT2D eigenvalue weighted by Gasteiger charge is -2.09. The number of carbonyl (C=O) groups is 1. The van der Waals surface area contributed by atoms with Crippen molar-refractivity contribution in [1.82, 2.24) is 0 Å². The third-order valence-electron chi connectivity index (χ3n) is 3.82. The Labute approximate surface area is 148 Å². The minimum atomic E-state index is -0.418. The van der Waals surface area contributed by atoms with Gasteiger partial charge in [-0.2, -0.15) is 0 Å². The van der Waals surface area contributed by atoms with Crippen LogP contribution in [0.1, 0.15) is 27.2 Å². The summed E-state index contributed by atoms with van der Waals surface area (Å²) in [5, 5.41) is 0.682. The van der Waals surface area contributed by atoms with Crippen LogP contribution in [0, 0.1) is 13.8 Å². The molecule has 4 nitrogen and oxygen atoms in total. The Morgan fingerprint density at radius 2 is 1.88 bits per heavy atom. The highest BCUT2D eigenvalue weighted by Crippen LogP contribution is 2.35. The van der Waals surface area contributed by atoms with Gasteiger partial charge in [-0.05, 0) is 47.5 Å². The van der Waals surface area contributed by atoms with Crippen molar-refractivity contribution in [2.45, 2.75) is 20.5 Å². The van der Waals surface area contributed by atoms with Gasteiger partial charge < -0.3 is 13.9 Å². The minimum Gasteiger partial charge on any atom is -0.488 e. The van der Waals surface area contributed by atoms with E-state index in [0.29, 0.717) is 34.6 Å². The first-order valence-electron chi connectivity index (χ1n) is 7.49. The SMILES string of the molecule is COC(=O)c1c(C)oc2cc(Br)c(OCc3ccc(C)cc3)cc12. The minimum absolute atomic E-state index is 0.418. The lowest BCUT2D eigenvalue weighted by molar-refractivity contribution is 0.0601. The molecule has 0 N–H and O–H groups in total. The fourth-order valence-corrected chi connectivity index (χ4v) is 2.97. The molecule has 24 heavy (non-hydrogen) atoms. The smallest absolute Gasteiger partial charge is 0.342 e. The van der Waals surface area contributed by atoms with Crippen molar-refractivity contribution < 1.29 is 18.7 Å². The summed E-state index contributed by atoms with van der Waals surface area (Å²) < 4.78 is 17.2. The molecular weight excluding hydrogens is 372 g/mol. The van der Waals surface area contributed by atoms with Gasteiger partial charge in [0.05, 0.1) is 11.6 Å². The molecule has 0 aliphatic rings. The zero-order valence-corrected chi connectivity index (χ0v) is 15.3. The van der Waals surface area contributed by atoms with Crippen molar-refractivity contribution in [3.63, 3.8) is 0 Å². The van der Waals surface area contributed by atoms with Gasteiger partial charge in [-0.25, -0.2) is 4.79 Å². The monoisotopic (exact) mass is 388 g/mol. The average molecular weight is 389 g/mol. The van der Waals surface area contributed by atoms with Crippen LogP contribution in [0.5, 0.6) is 5.75 Å². The number of hydrogen-bond donors (Lipinski definition) is 0. The average Bonchev–Trinajstić information content (AvgIpc) is 2.88. The van der Waals surface area contributed by atoms with E-state index in [1.165, 1.54) is 12.7 Å². The number of ether oxygens (including phenoxy) is 2. The summed E-state index contributed by atoms with van der Waals surface area (Å²) in [7, 11) is 1.36. The molecule has 0 amide bonds. The molecule has 2 aromatic carbocycles. The number of carbonyl (C=O) groups excluding carboxylic acids is 1. The van der Waals surface area contributed by atoms with Crippen molar-refractivity contribution in [2.75, 3.05) is 7.11 Å². The fourth-order valence-electron chi connectivity index (χ4n) is 2.53. The summed E-state index contributed by atoms with van der Waals surface area (Å²) in [6.45, 7) is 4.23. The van der Waals surface area contributed by atoms with Gasteiger partial charge in [-0.15, -0.1) is 0 Å². The molecule has 3 aromatic rings. The molecule has 0 saturated heterocycles. The summed E-state index contributed by atoms with van der Waals surface area (Å²) in [6, 6.07) is 11.8. The Morgan fingerprint density at radius 1 is 1.17 bits per heavy atom. The fraction of sp³-hybridized carbons (Fsp3) is 0.211. The quantitative estimate of drug-likeness (QED) is 0.577. The second-order valence-corrected chi connectivity index (χ2v) is 6.43. The summed E-state index contributed by atoms with van der Waals surface area (Å²) in [4.78, 5) is 12.0. The van der Waals surface area contributed by atoms with Crippen molar-refractivity contribution in [1.29, 1.82) is 0 Å². The molecule has 1 heterocycles. The number of fused-ring (bicyclic) bond motifs is 1. The van der Waals surface area contributed by atoms with Crippen molar-refractivity contribution in [2.24, 2.45) is 0 Å². The number of esters is 1. The molecule has 0 atom stereocenters. The third-order valence-corrected chi connectivity index (χ3v) is 4.44. The molecule has 124 valence electrons. The standard InChI is InChI=1S/C19H17BrO4/c1-11-4-6-13(7-5-11)10-23-17-8-14-16(9-15(17)20)24-12(2)18(14)19(21)22-3/h4-9H,10H2,1-3H3. The molecule has 0 unspecified atom stereocenters. The van der Waals surface area contributed by atoms with E-state index in [0.717, 1.165) is 10.0 Å². The van der Waals surface area contributed by atoms with Gasteiger partial charge in [0.2, 0.25) is 0 Å². The van der Waals surface area contributed by atoms with Gasteiger partial charge in [0.25, 0.3) is 0 Å². The molecule has 0 fully saturated rings. The zero-order chi connectivity index (χ0) is 17.3. The van der Waals surface area contributed by atoms with Gasteiger partial charge in [-0.3, -0.25) is 0 Å². The Morgan fingerprint density at radius 3 is 2.54 bits per heavy atom. The Balaban J connectivity index is 1.94. The van der Waals surface area contributed by atoms with E-state index in [1.54, 1.807) is 19.1 Å². The van der Waals surface area contributed by atoms with Crippen LogP contribution in [0.4, 0.5) is 0 Å². The normalized spacial score (nSPS) is 10.8. The molecule has 1 aromatic heterocycles. The van der Waals surface area contributed by atoms with E-state index >= 15 is 0 Å². The molecule has 0 bridgehead atoms. The van der Waals surface area contributed by atoms with E-state index in [9.17, 15) is 4.79 Å². The Kier molecular flexibility index (Phi) is 4.62. The first-order chi connectivity index (χ1) is 11.5. The van der Waals surface area contributed by atoms with Crippen molar-refractivity contribution >= 4 is 32.9 Å². The van der Waals surface area contributed by atoms with Crippen LogP contribution in [0.15, 0.2) is 45.3 Å². The lowest BCUT2D eigenvalue weighted by atomic mass is 10.1. The van der Waals surface area contributed by atoms with Crippen molar-refractivity contribution in [3.05, 3.63) is 63.3 Å². The number of hydrogen-bond acceptors (Lipinski definition) is 4. The predicted molar refractivity (Wildman–Crippen MR) is 95.5 cm³/mol. The molecular formula is C19H17BrO4. The maximum atomic E-state index is 12.0. The molecule has 3 rings (SSSR count). The molecule has 0 aliphatic heterocycles. The zero-order valence-electron chi connectivity index (χ0n) is 13.7. The molecule has 5 heteroatoms. The van der Waals surface area contributed by atoms with E-state index < -0.39 is 5.97 Å². The van der Waals surface area contributed by atoms with Crippen LogP contribution in [0.2, 0.25) is 0 Å². The second kappa shape index (κ2) is 6.69. The molecule has 0 radical (unpaired) electrons. The van der Waals surface area contributed by atoms with Crippen molar-refractivity contribution in [3.8, 4) is 5.75 Å². The molecule has 0 saturated carbocycles. The largest absolute Gasteiger partial charge is 0.488 e. The highest BCUT2D eigenvalue weighted by molar-refractivity contribution is 9.10. The van der Waals surface area contributed by atoms with E-state index in [4.69, 9.17) is 13.9 Å². The summed E-state index contributed by atoms with van der Waals surface area (Å²) in [5.41, 5.74) is 3.32. The van der Waals surface area contributed by atoms with E-state index in [1.807, 2.05) is 31.2 Å². The number of benzene rings is 2. The van der Waals surface area contributed by atoms with Crippen LogP contribution < -0.4 is 4.74 Å². The first kappa shape index (κ1) is 16.6. The third kappa shape index (κ3) is 3.17. The van der Waals surface area contributed by atoms with Crippen LogP contribution in [0.25, 0.3) is 11.0 Å². The van der Waals surface area contributed by atoms with Gasteiger partial charge in [0.15, 0.2) is 0 Å². The summed E-state index contributed by atoms with van der Waals surface area (Å²) in [5.74, 6) is 0.756. The number of halogens is 1. The summed E-state index contributed by atoms with van der Waals surface area (Å²) in [6.07, 6.45) is 0. The molecule has 0 spiro atoms. The highest BCUT2D eigenvalue weighted by Gasteiger charge is 2.20. The van der Waals surface area contributed by atoms with Gasteiger partial charge in [0, 0.05) is 5.39 Å². The van der Waals surface area contributed by atoms with Crippen LogP contribution in [-0.4, -0.2) is 13.1 Å². The van der Waals surface area contributed by atoms with Crippen LogP contribution in [-0.2, 0) is 11.3 Å². The van der Waals surface area contributed by atoms with Gasteiger partial charge in [0.1, 0.15) is 29.3 Å². The maximum absolute atomic E-state index is 12.0. The van der Waals surface area contributed by atoms with Gasteiger partial charge >= 0.3 is 5.97 Å². The first-order valence-corrected chi connectivity index (χ1v) is 8.28. The lowest BCUT2D eigenvalue weighted by Crippen LogP contribution is -2.02. The van der Waals surface area contributed by atoms with Crippen LogP contribution >= 0.6 is 15.9 Å². The van der Waals surface area contributed by atoms with E-state index in [-0.39, 0.29) is 0 Å². The number of furan rings is 1. The van der Waals surface area contributed by atoms with Crippen LogP contribution in [0.3, 0.4) is 0 Å². The number of rotatable bonds is 4. The maximum Gasteiger partial charge on any atom is 0.342 e. The summed E-state index contributed by atoms with van der Waals surface area (Å²) >= 11 is 3.49. The number of aryl methyl sites for hydroxylation is 2. The Bertz CT molecular complexity index is 894. The van der Waals surface area contributed by atoms with E-state index in [2.05, 4.69) is 15.9 Å². The predicted octanol–water partition coefficient (Wildman–Crippen LogP) is 5.18. The second-order valence-electron chi connectivity index (χ2n) is 5.58. The number of methoxy groups -OCH3 is 1. The molecule has 0 aliphatic carbocycles.